The predicted octanol–water partition coefficient (Wildman–Crippen LogP) is 14.3. The zero-order chi connectivity index (χ0) is 56.5. The van der Waals surface area contributed by atoms with E-state index < -0.39 is 0 Å². The Bertz CT molecular complexity index is 5330. The molecule has 7 heterocycles. The van der Waals surface area contributed by atoms with Crippen LogP contribution in [0.15, 0.2) is 246 Å². The third kappa shape index (κ3) is 6.45. The van der Waals surface area contributed by atoms with Crippen LogP contribution in [0, 0.1) is 22.7 Å². The number of ether oxygens (including phenoxy) is 4. The van der Waals surface area contributed by atoms with Crippen LogP contribution in [-0.4, -0.2) is 27.1 Å². The van der Waals surface area contributed by atoms with Gasteiger partial charge in [0, 0.05) is 83.0 Å². The van der Waals surface area contributed by atoms with E-state index in [0.717, 1.165) is 171 Å². The molecule has 0 atom stereocenters. The first-order chi connectivity index (χ1) is 42.6. The Balaban J connectivity index is 0.948. The molecule has 12 aromatic carbocycles. The summed E-state index contributed by atoms with van der Waals surface area (Å²) in [6.07, 6.45) is 0. The summed E-state index contributed by atoms with van der Waals surface area (Å²) in [5.41, 5.74) is 16.3. The van der Waals surface area contributed by atoms with Crippen LogP contribution in [0.1, 0.15) is 11.1 Å². The van der Waals surface area contributed by atoms with Crippen molar-refractivity contribution < 1.29 is 18.9 Å². The van der Waals surface area contributed by atoms with E-state index in [2.05, 4.69) is 220 Å². The van der Waals surface area contributed by atoms with Crippen LogP contribution >= 0.6 is 11.8 Å². The van der Waals surface area contributed by atoms with Crippen molar-refractivity contribution in [1.29, 1.82) is 10.5 Å². The second-order valence-electron chi connectivity index (χ2n) is 22.4. The minimum atomic E-state index is -0.0879. The number of rotatable bonds is 5. The highest BCUT2D eigenvalue weighted by Gasteiger charge is 2.43. The molecule has 0 spiro atoms. The Morgan fingerprint density at radius 2 is 0.698 bits per heavy atom. The molecule has 19 rings (SSSR count). The first-order valence-corrected chi connectivity index (χ1v) is 29.5. The van der Waals surface area contributed by atoms with Crippen LogP contribution in [0.4, 0.5) is 0 Å². The van der Waals surface area contributed by atoms with E-state index in [1.165, 1.54) is 11.8 Å². The molecule has 0 amide bonds. The van der Waals surface area contributed by atoms with Gasteiger partial charge in [0.15, 0.2) is 0 Å². The number of aromatic nitrogens is 3. The molecule has 15 aromatic rings. The van der Waals surface area contributed by atoms with E-state index in [1.807, 2.05) is 24.3 Å². The minimum Gasteiger partial charge on any atom is -0.458 e. The fraction of sp³-hybridized carbons (Fsp3) is 0. The monoisotopic (exact) mass is 1120 g/mol. The van der Waals surface area contributed by atoms with Gasteiger partial charge in [0.05, 0.1) is 61.7 Å². The highest BCUT2D eigenvalue weighted by Crippen LogP contribution is 2.52. The Morgan fingerprint density at radius 1 is 0.337 bits per heavy atom. The van der Waals surface area contributed by atoms with Gasteiger partial charge < -0.3 is 32.6 Å². The highest BCUT2D eigenvalue weighted by molar-refractivity contribution is 7.99. The third-order valence-corrected chi connectivity index (χ3v) is 19.0. The summed E-state index contributed by atoms with van der Waals surface area (Å²) in [5, 5.41) is 26.4. The number of nitrogens with zero attached hydrogens (tertiary/aromatic N) is 5. The van der Waals surface area contributed by atoms with Crippen molar-refractivity contribution in [1.82, 2.24) is 13.7 Å². The number of benzene rings is 12. The van der Waals surface area contributed by atoms with E-state index in [4.69, 9.17) is 18.9 Å². The topological polar surface area (TPSA) is 99.3 Å². The summed E-state index contributed by atoms with van der Waals surface area (Å²) < 4.78 is 35.5. The van der Waals surface area contributed by atoms with Gasteiger partial charge in [0.25, 0.3) is 13.4 Å². The number of para-hydroxylation sites is 7. The number of hydrogen-bond acceptors (Lipinski definition) is 7. The van der Waals surface area contributed by atoms with Gasteiger partial charge in [-0.25, -0.2) is 0 Å². The molecule has 0 fully saturated rings. The van der Waals surface area contributed by atoms with Crippen LogP contribution in [0.25, 0.3) is 82.5 Å². The Labute approximate surface area is 496 Å². The van der Waals surface area contributed by atoms with E-state index in [1.54, 1.807) is 18.2 Å². The molecule has 12 heteroatoms. The first kappa shape index (κ1) is 47.2. The van der Waals surface area contributed by atoms with Crippen molar-refractivity contribution in [3.63, 3.8) is 0 Å². The molecule has 0 N–H and O–H groups in total. The summed E-state index contributed by atoms with van der Waals surface area (Å²) in [7, 11) is 0. The fourth-order valence-electron chi connectivity index (χ4n) is 14.5. The van der Waals surface area contributed by atoms with Gasteiger partial charge >= 0.3 is 0 Å². The molecule has 9 nitrogen and oxygen atoms in total. The summed E-state index contributed by atoms with van der Waals surface area (Å²) in [6, 6.07) is 87.0. The van der Waals surface area contributed by atoms with E-state index in [0.29, 0.717) is 11.1 Å². The van der Waals surface area contributed by atoms with Crippen LogP contribution in [-0.2, 0) is 0 Å². The van der Waals surface area contributed by atoms with Crippen LogP contribution in [0.3, 0.4) is 0 Å². The lowest BCUT2D eigenvalue weighted by Gasteiger charge is -2.33. The van der Waals surface area contributed by atoms with Crippen molar-refractivity contribution in [3.05, 3.63) is 248 Å². The molecular formula is C74H39B2N5O4S. The Kier molecular flexibility index (Phi) is 9.67. The molecule has 0 saturated carbocycles. The average Bonchev–Trinajstić information content (AvgIpc) is 1.51. The number of hydrogen-bond donors (Lipinski definition) is 0. The Morgan fingerprint density at radius 3 is 1.08 bits per heavy atom. The lowest BCUT2D eigenvalue weighted by molar-refractivity contribution is 0.463. The smallest absolute Gasteiger partial charge is 0.260 e. The molecule has 4 aliphatic heterocycles. The van der Waals surface area contributed by atoms with Gasteiger partial charge in [-0.15, -0.1) is 0 Å². The largest absolute Gasteiger partial charge is 0.458 e. The quantitative estimate of drug-likeness (QED) is 0.158. The molecule has 0 saturated heterocycles. The van der Waals surface area contributed by atoms with Gasteiger partial charge in [-0.1, -0.05) is 139 Å². The lowest BCUT2D eigenvalue weighted by Crippen LogP contribution is -2.57. The zero-order valence-electron chi connectivity index (χ0n) is 45.4. The van der Waals surface area contributed by atoms with Gasteiger partial charge in [0.1, 0.15) is 52.1 Å². The summed E-state index contributed by atoms with van der Waals surface area (Å²) in [5.74, 6) is 6.29. The Hall–Kier alpha value is -11.3. The van der Waals surface area contributed by atoms with Gasteiger partial charge in [-0.05, 0) is 107 Å². The van der Waals surface area contributed by atoms with E-state index in [9.17, 15) is 10.5 Å². The number of fused-ring (bicyclic) bond motifs is 20. The van der Waals surface area contributed by atoms with Gasteiger partial charge in [-0.3, -0.25) is 0 Å². The summed E-state index contributed by atoms with van der Waals surface area (Å²) in [6.45, 7) is -0.176. The van der Waals surface area contributed by atoms with Crippen LogP contribution < -0.4 is 51.7 Å². The van der Waals surface area contributed by atoms with Crippen molar-refractivity contribution >= 4 is 123 Å². The second-order valence-corrected chi connectivity index (χ2v) is 23.5. The van der Waals surface area contributed by atoms with E-state index in [-0.39, 0.29) is 13.4 Å². The molecule has 3 aromatic heterocycles. The van der Waals surface area contributed by atoms with Crippen LogP contribution in [0.2, 0.25) is 0 Å². The van der Waals surface area contributed by atoms with E-state index >= 15 is 0 Å². The van der Waals surface area contributed by atoms with Gasteiger partial charge in [0.2, 0.25) is 0 Å². The molecule has 0 unspecified atom stereocenters. The zero-order valence-corrected chi connectivity index (χ0v) is 46.3. The molecule has 0 bridgehead atoms. The average molecular weight is 1120 g/mol. The molecule has 4 aliphatic rings. The van der Waals surface area contributed by atoms with Crippen molar-refractivity contribution in [3.8, 4) is 75.2 Å². The second kappa shape index (κ2) is 17.6. The van der Waals surface area contributed by atoms with Crippen LogP contribution in [0.5, 0.6) is 46.0 Å². The molecule has 0 radical (unpaired) electrons. The molecule has 0 aliphatic carbocycles. The SMILES string of the molecule is N#Cc1ccc(C#N)c(Sc2ccc(-n3c4ccccc4c4c3c3c5ccccc5n(-c5cc6c7c(c5)Oc5ccccc5B7c5ccccc5O6)c3c3c5ccccc5n(-c5cc6c7c(c5)Oc5ccccc5B7c5ccccc5O6)c43)cc2)c1. The summed E-state index contributed by atoms with van der Waals surface area (Å²) in [4.78, 5) is 1.67. The maximum absolute atomic E-state index is 10.1. The lowest BCUT2D eigenvalue weighted by atomic mass is 9.35. The first-order valence-electron chi connectivity index (χ1n) is 28.6. The van der Waals surface area contributed by atoms with Crippen molar-refractivity contribution in [2.24, 2.45) is 0 Å². The minimum absolute atomic E-state index is 0.0879. The maximum atomic E-state index is 10.1. The summed E-state index contributed by atoms with van der Waals surface area (Å²) >= 11 is 1.48. The third-order valence-electron chi connectivity index (χ3n) is 18.0. The van der Waals surface area contributed by atoms with Crippen molar-refractivity contribution in [2.45, 2.75) is 9.79 Å². The number of nitriles is 2. The predicted molar refractivity (Wildman–Crippen MR) is 345 cm³/mol. The molecule has 396 valence electrons. The van der Waals surface area contributed by atoms with Crippen molar-refractivity contribution in [2.75, 3.05) is 0 Å². The van der Waals surface area contributed by atoms with Gasteiger partial charge in [-0.2, -0.15) is 10.5 Å². The fourth-order valence-corrected chi connectivity index (χ4v) is 15.5. The standard InChI is InChI=1S/C74H39B2N5O4S/c77-40-42-29-30-43(41-78)66(35-42)86-47-33-31-44(32-34-47)79-55-22-8-1-15-48(55)67-72(79)68-49-16-2-9-23-56(49)80(45-36-62-70-63(37-45)83-59-26-12-5-19-52(59)75(70)51-18-4-11-25-58(51)82-62)74(68)69-50-17-3-10-24-57(50)81(73(67)69)46-38-64-71-65(39-46)85-61-28-14-7-21-54(61)76(71)53-20-6-13-27-60(53)84-64/h1-39H. The highest BCUT2D eigenvalue weighted by atomic mass is 32.2. The normalized spacial score (nSPS) is 13.0. The maximum Gasteiger partial charge on any atom is 0.260 e. The molecular weight excluding hydrogens is 1080 g/mol. The molecule has 86 heavy (non-hydrogen) atoms.